The van der Waals surface area contributed by atoms with Crippen molar-refractivity contribution in [3.8, 4) is 0 Å². The zero-order valence-corrected chi connectivity index (χ0v) is 17.0. The highest BCUT2D eigenvalue weighted by Crippen LogP contribution is 2.21. The van der Waals surface area contributed by atoms with Crippen LogP contribution in [0.5, 0.6) is 0 Å². The predicted octanol–water partition coefficient (Wildman–Crippen LogP) is 3.06. The van der Waals surface area contributed by atoms with Crippen LogP contribution in [-0.2, 0) is 6.54 Å². The van der Waals surface area contributed by atoms with Crippen molar-refractivity contribution >= 4 is 16.5 Å². The first-order valence-corrected chi connectivity index (χ1v) is 10.9. The summed E-state index contributed by atoms with van der Waals surface area (Å²) in [5.41, 5.74) is 1.23. The highest BCUT2D eigenvalue weighted by Gasteiger charge is 2.23. The number of hydrogen-bond acceptors (Lipinski definition) is 6. The first-order chi connectivity index (χ1) is 12.1. The molecule has 1 aromatic heterocycles. The van der Waals surface area contributed by atoms with Crippen molar-refractivity contribution in [2.75, 3.05) is 57.7 Å². The average Bonchev–Trinajstić information content (AvgIpc) is 3.23. The topological polar surface area (TPSA) is 34.6 Å². The zero-order valence-electron chi connectivity index (χ0n) is 16.2. The van der Waals surface area contributed by atoms with Crippen LogP contribution in [0.25, 0.3) is 0 Å². The fraction of sp³-hybridized carbons (Fsp3) is 0.842. The predicted molar refractivity (Wildman–Crippen MR) is 110 cm³/mol. The Hall–Kier alpha value is -0.690. The van der Waals surface area contributed by atoms with Crippen molar-refractivity contribution in [1.82, 2.24) is 19.7 Å². The summed E-state index contributed by atoms with van der Waals surface area (Å²) in [6.45, 7) is 17.3. The summed E-state index contributed by atoms with van der Waals surface area (Å²) in [5, 5.41) is 6.90. The second kappa shape index (κ2) is 9.31. The maximum absolute atomic E-state index is 4.82. The van der Waals surface area contributed by atoms with E-state index >= 15 is 0 Å². The quantitative estimate of drug-likeness (QED) is 0.764. The maximum Gasteiger partial charge on any atom is 0.182 e. The molecule has 3 rings (SSSR count). The van der Waals surface area contributed by atoms with E-state index in [-0.39, 0.29) is 1.43 Å². The van der Waals surface area contributed by atoms with Gasteiger partial charge >= 0.3 is 0 Å². The van der Waals surface area contributed by atoms with Crippen LogP contribution in [0, 0.1) is 5.92 Å². The van der Waals surface area contributed by atoms with Gasteiger partial charge in [0.2, 0.25) is 0 Å². The fourth-order valence-corrected chi connectivity index (χ4v) is 4.80. The highest BCUT2D eigenvalue weighted by atomic mass is 32.1. The van der Waals surface area contributed by atoms with Crippen LogP contribution in [0.1, 0.15) is 40.7 Å². The number of likely N-dealkylation sites (N-methyl/N-ethyl adjacent to an activating group) is 1. The molecule has 3 heterocycles. The number of likely N-dealkylation sites (tertiary alicyclic amines) is 1. The Bertz CT molecular complexity index is 516. The number of hydrogen-bond donors (Lipinski definition) is 1. The van der Waals surface area contributed by atoms with Gasteiger partial charge in [0.15, 0.2) is 5.13 Å². The Morgan fingerprint density at radius 3 is 2.72 bits per heavy atom. The minimum Gasteiger partial charge on any atom is -0.360 e. The molecule has 2 aliphatic heterocycles. The number of nitrogens with zero attached hydrogens (tertiary/aromatic N) is 4. The Labute approximate surface area is 158 Å². The largest absolute Gasteiger partial charge is 0.360 e. The van der Waals surface area contributed by atoms with E-state index in [1.807, 2.05) is 0 Å². The molecule has 0 bridgehead atoms. The molecule has 2 fully saturated rings. The molecule has 0 amide bonds. The molecular weight excluding hydrogens is 330 g/mol. The lowest BCUT2D eigenvalue weighted by Gasteiger charge is -2.35. The molecule has 6 heteroatoms. The first kappa shape index (κ1) is 19.1. The Morgan fingerprint density at radius 2 is 2.00 bits per heavy atom. The van der Waals surface area contributed by atoms with E-state index in [0.29, 0.717) is 6.04 Å². The average molecular weight is 368 g/mol. The van der Waals surface area contributed by atoms with Gasteiger partial charge < -0.3 is 10.2 Å². The first-order valence-electron chi connectivity index (χ1n) is 10.0. The van der Waals surface area contributed by atoms with Crippen LogP contribution < -0.4 is 5.32 Å². The molecule has 25 heavy (non-hydrogen) atoms. The summed E-state index contributed by atoms with van der Waals surface area (Å²) < 4.78 is 0. The van der Waals surface area contributed by atoms with Crippen molar-refractivity contribution in [1.29, 1.82) is 0 Å². The van der Waals surface area contributed by atoms with Crippen molar-refractivity contribution in [3.63, 3.8) is 0 Å². The van der Waals surface area contributed by atoms with Crippen molar-refractivity contribution < 1.29 is 1.43 Å². The summed E-state index contributed by atoms with van der Waals surface area (Å²) in [6.07, 6.45) is 2.66. The smallest absolute Gasteiger partial charge is 0.182 e. The molecule has 0 aromatic carbocycles. The van der Waals surface area contributed by atoms with Crippen molar-refractivity contribution in [2.24, 2.45) is 5.92 Å². The molecule has 2 aliphatic rings. The molecule has 0 spiro atoms. The fourth-order valence-electron chi connectivity index (χ4n) is 4.08. The van der Waals surface area contributed by atoms with Gasteiger partial charge in [-0.15, -0.1) is 11.3 Å². The van der Waals surface area contributed by atoms with Gasteiger partial charge in [0, 0.05) is 58.7 Å². The molecule has 0 saturated carbocycles. The maximum atomic E-state index is 4.82. The summed E-state index contributed by atoms with van der Waals surface area (Å²) in [6, 6.07) is 0.686. The molecule has 1 N–H and O–H groups in total. The van der Waals surface area contributed by atoms with Crippen LogP contribution in [0.3, 0.4) is 0 Å². The van der Waals surface area contributed by atoms with Crippen molar-refractivity contribution in [2.45, 2.75) is 46.2 Å². The number of rotatable bonds is 8. The van der Waals surface area contributed by atoms with Gasteiger partial charge in [-0.2, -0.15) is 0 Å². The number of piperazine rings is 1. The lowest BCUT2D eigenvalue weighted by Crippen LogP contribution is -2.46. The second-order valence-electron chi connectivity index (χ2n) is 7.92. The third-order valence-electron chi connectivity index (χ3n) is 5.42. The Kier molecular flexibility index (Phi) is 7.10. The minimum absolute atomic E-state index is 0. The van der Waals surface area contributed by atoms with E-state index in [0.717, 1.165) is 30.7 Å². The van der Waals surface area contributed by atoms with Gasteiger partial charge in [-0.1, -0.05) is 20.8 Å². The van der Waals surface area contributed by atoms with Crippen LogP contribution in [-0.4, -0.2) is 78.1 Å². The van der Waals surface area contributed by atoms with Gasteiger partial charge in [0.05, 0.1) is 5.69 Å². The van der Waals surface area contributed by atoms with Crippen LogP contribution >= 0.6 is 11.3 Å². The summed E-state index contributed by atoms with van der Waals surface area (Å²) in [4.78, 5) is 12.5. The number of nitrogens with one attached hydrogen (secondary N) is 1. The second-order valence-corrected chi connectivity index (χ2v) is 8.78. The van der Waals surface area contributed by atoms with E-state index < -0.39 is 0 Å². The van der Waals surface area contributed by atoms with E-state index in [9.17, 15) is 0 Å². The zero-order chi connectivity index (χ0) is 17.6. The number of thiazole rings is 1. The molecule has 5 nitrogen and oxygen atoms in total. The lowest BCUT2D eigenvalue weighted by molar-refractivity contribution is 0.116. The van der Waals surface area contributed by atoms with Crippen LogP contribution in [0.4, 0.5) is 5.13 Å². The third kappa shape index (κ3) is 5.64. The third-order valence-corrected chi connectivity index (χ3v) is 6.27. The number of anilines is 1. The highest BCUT2D eigenvalue weighted by molar-refractivity contribution is 7.13. The van der Waals surface area contributed by atoms with Crippen LogP contribution in [0.15, 0.2) is 5.38 Å². The molecule has 144 valence electrons. The van der Waals surface area contributed by atoms with E-state index in [2.05, 4.69) is 46.2 Å². The van der Waals surface area contributed by atoms with E-state index in [4.69, 9.17) is 4.98 Å². The lowest BCUT2D eigenvalue weighted by atomic mass is 10.2. The molecule has 1 unspecified atom stereocenters. The van der Waals surface area contributed by atoms with Gasteiger partial charge in [-0.3, -0.25) is 9.80 Å². The molecule has 0 aliphatic carbocycles. The van der Waals surface area contributed by atoms with E-state index in [1.54, 1.807) is 11.3 Å². The summed E-state index contributed by atoms with van der Waals surface area (Å²) in [7, 11) is 0. The molecule has 0 radical (unpaired) electrons. The summed E-state index contributed by atoms with van der Waals surface area (Å²) in [5.74, 6) is 0.766. The van der Waals surface area contributed by atoms with Gasteiger partial charge in [-0.05, 0) is 31.8 Å². The standard InChI is InChI=1S/C19H35N5S.H2/c1-4-24-7-5-6-18(24)12-20-19-21-17(15-25-19)14-23-10-8-22(9-11-23)13-16(2)3;/h15-16,18H,4-14H2,1-3H3,(H,20,21);1H. The Morgan fingerprint density at radius 1 is 1.24 bits per heavy atom. The number of aromatic nitrogens is 1. The minimum atomic E-state index is 0. The summed E-state index contributed by atoms with van der Waals surface area (Å²) >= 11 is 1.76. The SMILES string of the molecule is CCN1CCCC1CNc1nc(CN2CCN(CC(C)C)CC2)cs1.[HH]. The van der Waals surface area contributed by atoms with Gasteiger partial charge in [-0.25, -0.2) is 4.98 Å². The molecule has 2 saturated heterocycles. The Balaban J connectivity index is 0.00000243. The molecule has 1 aromatic rings. The van der Waals surface area contributed by atoms with Gasteiger partial charge in [0.25, 0.3) is 0 Å². The van der Waals surface area contributed by atoms with E-state index in [1.165, 1.54) is 57.8 Å². The van der Waals surface area contributed by atoms with Crippen molar-refractivity contribution in [3.05, 3.63) is 11.1 Å². The normalized spacial score (nSPS) is 23.6. The molecule has 1 atom stereocenters. The van der Waals surface area contributed by atoms with Gasteiger partial charge in [0.1, 0.15) is 0 Å². The molecular formula is C19H37N5S. The van der Waals surface area contributed by atoms with Crippen LogP contribution in [0.2, 0.25) is 0 Å². The monoisotopic (exact) mass is 367 g/mol.